The van der Waals surface area contributed by atoms with Gasteiger partial charge >= 0.3 is 0 Å². The van der Waals surface area contributed by atoms with E-state index in [1.807, 2.05) is 36.4 Å². The maximum atomic E-state index is 10.0. The second-order valence-corrected chi connectivity index (χ2v) is 3.18. The van der Waals surface area contributed by atoms with E-state index in [9.17, 15) is 4.79 Å². The Morgan fingerprint density at radius 1 is 1.33 bits per heavy atom. The lowest BCUT2D eigenvalue weighted by molar-refractivity contribution is -0.107. The molecule has 0 heterocycles. The maximum Gasteiger partial charge on any atom is 0.123 e. The lowest BCUT2D eigenvalue weighted by Crippen LogP contribution is -1.73. The smallest absolute Gasteiger partial charge is 0.123 e. The Morgan fingerprint density at radius 3 is 2.75 bits per heavy atom. The molecule has 1 nitrogen and oxygen atoms in total. The average Bonchev–Trinajstić information content (AvgIpc) is 2.09. The first-order valence-electron chi connectivity index (χ1n) is 3.69. The van der Waals surface area contributed by atoms with E-state index in [1.165, 1.54) is 0 Å². The van der Waals surface area contributed by atoms with Crippen molar-refractivity contribution < 1.29 is 4.79 Å². The van der Waals surface area contributed by atoms with Crippen LogP contribution in [-0.4, -0.2) is 6.29 Å². The molecule has 1 rings (SSSR count). The Hall–Kier alpha value is -0.890. The number of halogens is 1. The van der Waals surface area contributed by atoms with Gasteiger partial charge in [0.05, 0.1) is 0 Å². The van der Waals surface area contributed by atoms with Crippen LogP contribution in [0.15, 0.2) is 34.8 Å². The molecular formula is C10H9BrO. The number of benzene rings is 1. The molecule has 1 aromatic carbocycles. The summed E-state index contributed by atoms with van der Waals surface area (Å²) in [4.78, 5) is 10.0. The van der Waals surface area contributed by atoms with Crippen LogP contribution in [0.2, 0.25) is 0 Å². The molecule has 0 aliphatic carbocycles. The molecule has 0 aliphatic rings. The van der Waals surface area contributed by atoms with Crippen molar-refractivity contribution in [1.29, 1.82) is 0 Å². The molecule has 0 aromatic heterocycles. The minimum atomic E-state index is 0.474. The van der Waals surface area contributed by atoms with Crippen LogP contribution in [0.3, 0.4) is 0 Å². The van der Waals surface area contributed by atoms with Gasteiger partial charge in [-0.25, -0.2) is 0 Å². The van der Waals surface area contributed by atoms with Gasteiger partial charge in [0.25, 0.3) is 0 Å². The zero-order valence-corrected chi connectivity index (χ0v) is 8.12. The van der Waals surface area contributed by atoms with Crippen molar-refractivity contribution in [3.63, 3.8) is 0 Å². The number of rotatable bonds is 3. The molecule has 0 amide bonds. The van der Waals surface area contributed by atoms with Gasteiger partial charge < -0.3 is 4.79 Å². The first-order valence-corrected chi connectivity index (χ1v) is 4.48. The standard InChI is InChI=1S/C10H9BrO/c11-10-7-2-1-5-9(10)6-3-4-8-12/h1-3,5-8H,4H2/b6-3-. The van der Waals surface area contributed by atoms with E-state index in [0.717, 1.165) is 16.3 Å². The fourth-order valence-electron chi connectivity index (χ4n) is 0.861. The molecule has 0 saturated carbocycles. The highest BCUT2D eigenvalue weighted by atomic mass is 79.9. The predicted octanol–water partition coefficient (Wildman–Crippen LogP) is 3.05. The normalized spacial score (nSPS) is 10.4. The summed E-state index contributed by atoms with van der Waals surface area (Å²) in [6, 6.07) is 7.89. The van der Waals surface area contributed by atoms with Crippen LogP contribution >= 0.6 is 15.9 Å². The molecule has 1 aromatic rings. The molecule has 2 heteroatoms. The van der Waals surface area contributed by atoms with E-state index in [1.54, 1.807) is 0 Å². The lowest BCUT2D eigenvalue weighted by atomic mass is 10.2. The molecule has 0 aliphatic heterocycles. The molecule has 12 heavy (non-hydrogen) atoms. The number of allylic oxidation sites excluding steroid dienone is 1. The SMILES string of the molecule is O=CC/C=C\c1ccccc1Br. The predicted molar refractivity (Wildman–Crippen MR) is 53.9 cm³/mol. The third-order valence-corrected chi connectivity index (χ3v) is 2.16. The maximum absolute atomic E-state index is 10.0. The van der Waals surface area contributed by atoms with Crippen molar-refractivity contribution in [3.05, 3.63) is 40.4 Å². The second kappa shape index (κ2) is 4.88. The Bertz CT molecular complexity index is 292. The summed E-state index contributed by atoms with van der Waals surface area (Å²) < 4.78 is 1.05. The molecule has 0 unspecified atom stereocenters. The zero-order chi connectivity index (χ0) is 8.81. The molecule has 0 radical (unpaired) electrons. The molecule has 0 saturated heterocycles. The van der Waals surface area contributed by atoms with Gasteiger partial charge in [0.2, 0.25) is 0 Å². The van der Waals surface area contributed by atoms with Crippen molar-refractivity contribution >= 4 is 28.3 Å². The molecule has 0 fully saturated rings. The Balaban J connectivity index is 2.74. The number of aldehydes is 1. The number of carbonyl (C=O) groups is 1. The molecular weight excluding hydrogens is 216 g/mol. The van der Waals surface area contributed by atoms with Gasteiger partial charge in [-0.3, -0.25) is 0 Å². The lowest BCUT2D eigenvalue weighted by Gasteiger charge is -1.95. The van der Waals surface area contributed by atoms with Crippen LogP contribution in [0.1, 0.15) is 12.0 Å². The van der Waals surface area contributed by atoms with Crippen molar-refractivity contribution in [2.75, 3.05) is 0 Å². The summed E-state index contributed by atoms with van der Waals surface area (Å²) >= 11 is 3.41. The van der Waals surface area contributed by atoms with Crippen LogP contribution in [0.5, 0.6) is 0 Å². The summed E-state index contributed by atoms with van der Waals surface area (Å²) in [5, 5.41) is 0. The topological polar surface area (TPSA) is 17.1 Å². The Morgan fingerprint density at radius 2 is 2.08 bits per heavy atom. The van der Waals surface area contributed by atoms with E-state index in [-0.39, 0.29) is 0 Å². The van der Waals surface area contributed by atoms with Crippen LogP contribution in [0.4, 0.5) is 0 Å². The van der Waals surface area contributed by atoms with Crippen LogP contribution in [-0.2, 0) is 4.79 Å². The third-order valence-electron chi connectivity index (χ3n) is 1.43. The number of hydrogen-bond acceptors (Lipinski definition) is 1. The number of hydrogen-bond donors (Lipinski definition) is 0. The van der Waals surface area contributed by atoms with Crippen molar-refractivity contribution in [3.8, 4) is 0 Å². The van der Waals surface area contributed by atoms with Crippen LogP contribution in [0, 0.1) is 0 Å². The van der Waals surface area contributed by atoms with Gasteiger partial charge in [-0.15, -0.1) is 0 Å². The summed E-state index contributed by atoms with van der Waals surface area (Å²) in [7, 11) is 0. The van der Waals surface area contributed by atoms with Gasteiger partial charge in [-0.2, -0.15) is 0 Å². The molecule has 0 atom stereocenters. The monoisotopic (exact) mass is 224 g/mol. The van der Waals surface area contributed by atoms with Gasteiger partial charge in [0.15, 0.2) is 0 Å². The van der Waals surface area contributed by atoms with Gasteiger partial charge in [0, 0.05) is 10.9 Å². The highest BCUT2D eigenvalue weighted by Crippen LogP contribution is 2.16. The third kappa shape index (κ3) is 2.62. The quantitative estimate of drug-likeness (QED) is 0.722. The highest BCUT2D eigenvalue weighted by Gasteiger charge is 1.90. The number of carbonyl (C=O) groups excluding carboxylic acids is 1. The molecule has 0 bridgehead atoms. The zero-order valence-electron chi connectivity index (χ0n) is 6.53. The first kappa shape index (κ1) is 9.20. The minimum Gasteiger partial charge on any atom is -0.303 e. The van der Waals surface area contributed by atoms with E-state index in [4.69, 9.17) is 0 Å². The summed E-state index contributed by atoms with van der Waals surface area (Å²) in [6.45, 7) is 0. The fourth-order valence-corrected chi connectivity index (χ4v) is 1.28. The van der Waals surface area contributed by atoms with E-state index >= 15 is 0 Å². The largest absolute Gasteiger partial charge is 0.303 e. The molecule has 0 N–H and O–H groups in total. The van der Waals surface area contributed by atoms with Crippen LogP contribution < -0.4 is 0 Å². The minimum absolute atomic E-state index is 0.474. The van der Waals surface area contributed by atoms with Crippen molar-refractivity contribution in [2.24, 2.45) is 0 Å². The van der Waals surface area contributed by atoms with Crippen LogP contribution in [0.25, 0.3) is 6.08 Å². The van der Waals surface area contributed by atoms with Crippen molar-refractivity contribution in [1.82, 2.24) is 0 Å². The van der Waals surface area contributed by atoms with Gasteiger partial charge in [-0.1, -0.05) is 46.3 Å². The second-order valence-electron chi connectivity index (χ2n) is 2.33. The first-order chi connectivity index (χ1) is 5.84. The highest BCUT2D eigenvalue weighted by molar-refractivity contribution is 9.10. The van der Waals surface area contributed by atoms with E-state index < -0.39 is 0 Å². The van der Waals surface area contributed by atoms with E-state index in [0.29, 0.717) is 6.42 Å². The Kier molecular flexibility index (Phi) is 3.74. The van der Waals surface area contributed by atoms with Crippen molar-refractivity contribution in [2.45, 2.75) is 6.42 Å². The van der Waals surface area contributed by atoms with Gasteiger partial charge in [0.1, 0.15) is 6.29 Å². The van der Waals surface area contributed by atoms with Gasteiger partial charge in [-0.05, 0) is 11.6 Å². The summed E-state index contributed by atoms with van der Waals surface area (Å²) in [5.41, 5.74) is 1.10. The molecule has 62 valence electrons. The summed E-state index contributed by atoms with van der Waals surface area (Å²) in [6.07, 6.45) is 5.13. The molecule has 0 spiro atoms. The summed E-state index contributed by atoms with van der Waals surface area (Å²) in [5.74, 6) is 0. The average molecular weight is 225 g/mol. The Labute approximate surface area is 80.2 Å². The fraction of sp³-hybridized carbons (Fsp3) is 0.100. The van der Waals surface area contributed by atoms with E-state index in [2.05, 4.69) is 15.9 Å².